The van der Waals surface area contributed by atoms with E-state index >= 15 is 0 Å². The van der Waals surface area contributed by atoms with Gasteiger partial charge in [-0.2, -0.15) is 0 Å². The number of fused-ring (bicyclic) bond motifs is 2. The molecule has 13 nitrogen and oxygen atoms in total. The predicted octanol–water partition coefficient (Wildman–Crippen LogP) is 3.81. The highest BCUT2D eigenvalue weighted by atomic mass is 32.2. The molecule has 2 aliphatic carbocycles. The van der Waals surface area contributed by atoms with E-state index in [1.165, 1.54) is 6.07 Å². The third-order valence-corrected chi connectivity index (χ3v) is 12.8. The lowest BCUT2D eigenvalue weighted by Crippen LogP contribution is -2.58. The summed E-state index contributed by atoms with van der Waals surface area (Å²) >= 11 is 0. The Bertz CT molecular complexity index is 1560. The highest BCUT2D eigenvalue weighted by molar-refractivity contribution is 7.90. The summed E-state index contributed by atoms with van der Waals surface area (Å²) in [6.45, 7) is 6.42. The first-order chi connectivity index (χ1) is 24.6. The Morgan fingerprint density at radius 2 is 1.63 bits per heavy atom. The average molecular weight is 727 g/mol. The monoisotopic (exact) mass is 726 g/mol. The van der Waals surface area contributed by atoms with Gasteiger partial charge in [-0.1, -0.05) is 50.3 Å². The first kappa shape index (κ1) is 37.1. The molecule has 5 atom stereocenters. The molecule has 2 saturated heterocycles. The summed E-state index contributed by atoms with van der Waals surface area (Å²) in [6.07, 6.45) is 12.6. The summed E-state index contributed by atoms with van der Waals surface area (Å²) in [5.74, 6) is -2.21. The van der Waals surface area contributed by atoms with Gasteiger partial charge in [-0.25, -0.2) is 17.9 Å². The number of piperidine rings is 1. The van der Waals surface area contributed by atoms with E-state index in [4.69, 9.17) is 4.74 Å². The van der Waals surface area contributed by atoms with Gasteiger partial charge in [0.25, 0.3) is 15.9 Å². The molecule has 1 aromatic carbocycles. The summed E-state index contributed by atoms with van der Waals surface area (Å²) < 4.78 is 35.2. The Hall–Kier alpha value is -3.65. The van der Waals surface area contributed by atoms with E-state index in [0.717, 1.165) is 83.7 Å². The van der Waals surface area contributed by atoms with E-state index in [9.17, 15) is 27.6 Å². The van der Waals surface area contributed by atoms with E-state index in [2.05, 4.69) is 32.2 Å². The van der Waals surface area contributed by atoms with Crippen LogP contribution in [0.3, 0.4) is 0 Å². The van der Waals surface area contributed by atoms with Crippen molar-refractivity contribution in [1.82, 2.24) is 25.2 Å². The molecule has 0 bridgehead atoms. The van der Waals surface area contributed by atoms with Crippen LogP contribution in [0.25, 0.3) is 0 Å². The van der Waals surface area contributed by atoms with E-state index in [1.54, 1.807) is 29.2 Å². The summed E-state index contributed by atoms with van der Waals surface area (Å²) in [4.78, 5) is 59.6. The van der Waals surface area contributed by atoms with Crippen molar-refractivity contribution >= 4 is 39.5 Å². The molecule has 6 rings (SSSR count). The number of amides is 4. The Morgan fingerprint density at radius 1 is 0.941 bits per heavy atom. The van der Waals surface area contributed by atoms with Crippen LogP contribution in [0.4, 0.5) is 10.5 Å². The lowest BCUT2D eigenvalue weighted by molar-refractivity contribution is -0.141. The highest BCUT2D eigenvalue weighted by Gasteiger charge is 2.61. The van der Waals surface area contributed by atoms with Crippen LogP contribution in [0.15, 0.2) is 41.8 Å². The lowest BCUT2D eigenvalue weighted by atomic mass is 10.0. The van der Waals surface area contributed by atoms with Gasteiger partial charge in [-0.15, -0.1) is 6.58 Å². The molecule has 0 radical (unpaired) electrons. The van der Waals surface area contributed by atoms with Crippen molar-refractivity contribution in [3.63, 3.8) is 0 Å². The molecule has 0 aromatic heterocycles. The molecular formula is C37H54N6O7S. The van der Waals surface area contributed by atoms with Crippen LogP contribution >= 0.6 is 0 Å². The Balaban J connectivity index is 1.28. The van der Waals surface area contributed by atoms with Crippen LogP contribution < -0.4 is 20.7 Å². The number of para-hydroxylation sites is 1. The molecule has 280 valence electrons. The van der Waals surface area contributed by atoms with Gasteiger partial charge in [-0.05, 0) is 89.4 Å². The molecule has 2 saturated carbocycles. The van der Waals surface area contributed by atoms with Crippen LogP contribution in [0.1, 0.15) is 96.3 Å². The maximum Gasteiger partial charge on any atom is 0.408 e. The Kier molecular flexibility index (Phi) is 11.9. The minimum Gasteiger partial charge on any atom is -0.446 e. The maximum absolute atomic E-state index is 14.5. The number of benzene rings is 1. The molecule has 4 N–H and O–H groups in total. The van der Waals surface area contributed by atoms with Crippen molar-refractivity contribution < 1.29 is 32.3 Å². The molecule has 1 spiro atoms. The van der Waals surface area contributed by atoms with Gasteiger partial charge in [0, 0.05) is 25.0 Å². The highest BCUT2D eigenvalue weighted by Crippen LogP contribution is 2.45. The van der Waals surface area contributed by atoms with Gasteiger partial charge >= 0.3 is 6.09 Å². The van der Waals surface area contributed by atoms with Crippen molar-refractivity contribution in [2.24, 2.45) is 5.92 Å². The normalized spacial score (nSPS) is 31.4. The summed E-state index contributed by atoms with van der Waals surface area (Å²) in [5.41, 5.74) is -1.14. The number of carbonyl (C=O) groups excluding carboxylic acids is 4. The van der Waals surface area contributed by atoms with Crippen LogP contribution in [0.2, 0.25) is 0 Å². The van der Waals surface area contributed by atoms with Gasteiger partial charge in [0.05, 0.1) is 5.69 Å². The third kappa shape index (κ3) is 8.70. The Labute approximate surface area is 301 Å². The number of ether oxygens (including phenoxy) is 1. The lowest BCUT2D eigenvalue weighted by Gasteiger charge is -2.32. The quantitative estimate of drug-likeness (QED) is 0.338. The zero-order valence-corrected chi connectivity index (χ0v) is 30.4. The second-order valence-corrected chi connectivity index (χ2v) is 16.6. The van der Waals surface area contributed by atoms with Crippen LogP contribution in [0.5, 0.6) is 0 Å². The van der Waals surface area contributed by atoms with E-state index < -0.39 is 51.5 Å². The zero-order valence-electron chi connectivity index (χ0n) is 29.6. The van der Waals surface area contributed by atoms with Gasteiger partial charge in [0.2, 0.25) is 11.8 Å². The number of hydrogen-bond acceptors (Lipinski definition) is 9. The SMILES string of the molecule is C=C[C@@H]1C[C@@]12NC(=O)[C@@H]1C[C@@H](N3CCCCC3)CN1C(=O)[C@@H](NC(=O)OC1CCCC1)CCCCCCCNc1ccccc1S(=O)(=O)NC2=O. The second-order valence-electron chi connectivity index (χ2n) is 14.9. The standard InChI is InChI=1S/C37H54N6O7S/c1-2-26-24-37(26)35(46)41-51(48,49)32-19-11-10-17-29(32)38-20-12-5-3-4-7-18-30(39-36(47)50-28-15-8-9-16-28)34(45)43-25-27(23-31(43)33(44)40-37)42-21-13-6-14-22-42/h2,10-11,17,19,26-28,30-31,38H,1,3-9,12-16,18,20-25H2,(H,39,47)(H,40,44)(H,41,46)/t26-,27-,30+,31+,37-/m1/s1. The zero-order chi connectivity index (χ0) is 36.0. The van der Waals surface area contributed by atoms with Crippen LogP contribution in [-0.2, 0) is 29.1 Å². The van der Waals surface area contributed by atoms with Crippen molar-refractivity contribution in [3.8, 4) is 0 Å². The van der Waals surface area contributed by atoms with E-state index in [-0.39, 0.29) is 29.4 Å². The predicted molar refractivity (Wildman–Crippen MR) is 192 cm³/mol. The fraction of sp³-hybridized carbons (Fsp3) is 0.676. The number of nitrogens with one attached hydrogen (secondary N) is 4. The smallest absolute Gasteiger partial charge is 0.408 e. The third-order valence-electron chi connectivity index (χ3n) is 11.4. The first-order valence-corrected chi connectivity index (χ1v) is 20.5. The molecule has 3 heterocycles. The molecule has 4 amide bonds. The molecule has 1 aromatic rings. The summed E-state index contributed by atoms with van der Waals surface area (Å²) in [7, 11) is -4.31. The van der Waals surface area contributed by atoms with E-state index in [1.807, 2.05) is 0 Å². The van der Waals surface area contributed by atoms with E-state index in [0.29, 0.717) is 38.0 Å². The van der Waals surface area contributed by atoms with Crippen LogP contribution in [-0.4, -0.2) is 98.0 Å². The first-order valence-electron chi connectivity index (χ1n) is 19.0. The number of carbonyl (C=O) groups is 4. The molecule has 14 heteroatoms. The minimum atomic E-state index is -4.31. The minimum absolute atomic E-state index is 0.0491. The van der Waals surface area contributed by atoms with Crippen molar-refractivity contribution in [2.45, 2.75) is 131 Å². The maximum atomic E-state index is 14.5. The van der Waals surface area contributed by atoms with Gasteiger partial charge in [-0.3, -0.25) is 19.3 Å². The summed E-state index contributed by atoms with van der Waals surface area (Å²) in [5, 5.41) is 8.97. The number of sulfonamides is 1. The van der Waals surface area contributed by atoms with Crippen LogP contribution in [0, 0.1) is 5.92 Å². The van der Waals surface area contributed by atoms with Gasteiger partial charge in [0.1, 0.15) is 28.6 Å². The molecule has 0 unspecified atom stereocenters. The topological polar surface area (TPSA) is 166 Å². The second kappa shape index (κ2) is 16.4. The fourth-order valence-corrected chi connectivity index (χ4v) is 9.55. The molecule has 5 aliphatic rings. The number of likely N-dealkylation sites (tertiary alicyclic amines) is 1. The molecular weight excluding hydrogens is 673 g/mol. The number of nitrogens with zero attached hydrogens (tertiary/aromatic N) is 2. The largest absolute Gasteiger partial charge is 0.446 e. The summed E-state index contributed by atoms with van der Waals surface area (Å²) in [6, 6.07) is 4.60. The van der Waals surface area contributed by atoms with Crippen molar-refractivity contribution in [3.05, 3.63) is 36.9 Å². The number of hydrogen-bond donors (Lipinski definition) is 4. The number of alkyl carbamates (subject to hydrolysis) is 1. The molecule has 51 heavy (non-hydrogen) atoms. The van der Waals surface area contributed by atoms with Crippen molar-refractivity contribution in [1.29, 1.82) is 0 Å². The van der Waals surface area contributed by atoms with Crippen molar-refractivity contribution in [2.75, 3.05) is 31.5 Å². The van der Waals surface area contributed by atoms with Gasteiger partial charge in [0.15, 0.2) is 0 Å². The average Bonchev–Trinajstić information content (AvgIpc) is 3.40. The fourth-order valence-electron chi connectivity index (χ4n) is 8.32. The molecule has 3 aliphatic heterocycles. The Morgan fingerprint density at radius 3 is 2.37 bits per heavy atom. The number of rotatable bonds is 4. The van der Waals surface area contributed by atoms with Gasteiger partial charge < -0.3 is 25.6 Å². The molecule has 4 fully saturated rings. The number of anilines is 1.